The molecule has 0 saturated heterocycles. The fourth-order valence-corrected chi connectivity index (χ4v) is 2.48. The van der Waals surface area contributed by atoms with Crippen LogP contribution in [0.3, 0.4) is 0 Å². The molecule has 0 bridgehead atoms. The average molecular weight is 347 g/mol. The number of carboxylic acid groups (broad SMARTS) is 1. The molecule has 7 nitrogen and oxygen atoms in total. The standard InChI is InChI=1S/C15H23F2N3O4/c1-19(8-9-20-12(21)5-6-13(20)22)11(4-2-3-7-18)10-15(16,17)14(23)24/h5-6,11H,2-4,7-10,18H2,1H3,(H,23,24). The van der Waals surface area contributed by atoms with Gasteiger partial charge in [0.15, 0.2) is 0 Å². The van der Waals surface area contributed by atoms with Gasteiger partial charge in [-0.1, -0.05) is 6.42 Å². The zero-order valence-electron chi connectivity index (χ0n) is 13.6. The highest BCUT2D eigenvalue weighted by Crippen LogP contribution is 2.25. The van der Waals surface area contributed by atoms with Crippen LogP contribution in [-0.4, -0.2) is 71.3 Å². The van der Waals surface area contributed by atoms with Crippen LogP contribution >= 0.6 is 0 Å². The summed E-state index contributed by atoms with van der Waals surface area (Å²) in [4.78, 5) is 36.2. The lowest BCUT2D eigenvalue weighted by Gasteiger charge is -2.31. The number of aliphatic carboxylic acids is 1. The van der Waals surface area contributed by atoms with E-state index in [0.717, 1.165) is 17.1 Å². The minimum atomic E-state index is -3.83. The molecule has 9 heteroatoms. The molecule has 0 aliphatic carbocycles. The summed E-state index contributed by atoms with van der Waals surface area (Å²) in [6.07, 6.45) is 3.07. The van der Waals surface area contributed by atoms with Crippen LogP contribution in [0.1, 0.15) is 25.7 Å². The maximum atomic E-state index is 13.6. The minimum absolute atomic E-state index is 0.0627. The first-order valence-corrected chi connectivity index (χ1v) is 7.74. The van der Waals surface area contributed by atoms with E-state index < -0.39 is 36.2 Å². The molecule has 0 aromatic carbocycles. The lowest BCUT2D eigenvalue weighted by atomic mass is 10.0. The van der Waals surface area contributed by atoms with Crippen molar-refractivity contribution in [3.05, 3.63) is 12.2 Å². The van der Waals surface area contributed by atoms with E-state index in [1.165, 1.54) is 0 Å². The predicted octanol–water partition coefficient (Wildman–Crippen LogP) is 0.451. The Bertz CT molecular complexity index is 493. The molecule has 0 aromatic heterocycles. The van der Waals surface area contributed by atoms with E-state index in [2.05, 4.69) is 0 Å². The van der Waals surface area contributed by atoms with E-state index in [-0.39, 0.29) is 13.1 Å². The number of hydrogen-bond donors (Lipinski definition) is 2. The number of rotatable bonds is 11. The second-order valence-corrected chi connectivity index (χ2v) is 5.79. The van der Waals surface area contributed by atoms with Crippen LogP contribution in [0, 0.1) is 0 Å². The summed E-state index contributed by atoms with van der Waals surface area (Å²) in [5, 5.41) is 8.62. The Morgan fingerprint density at radius 1 is 1.33 bits per heavy atom. The molecule has 0 spiro atoms. The van der Waals surface area contributed by atoms with Crippen molar-refractivity contribution in [3.8, 4) is 0 Å². The fourth-order valence-electron chi connectivity index (χ4n) is 2.48. The summed E-state index contributed by atoms with van der Waals surface area (Å²) in [6, 6.07) is -0.691. The van der Waals surface area contributed by atoms with Crippen molar-refractivity contribution in [1.29, 1.82) is 0 Å². The van der Waals surface area contributed by atoms with Crippen molar-refractivity contribution in [2.75, 3.05) is 26.7 Å². The molecule has 2 amide bonds. The summed E-state index contributed by atoms with van der Waals surface area (Å²) in [5.41, 5.74) is 5.39. The fraction of sp³-hybridized carbons (Fsp3) is 0.667. The minimum Gasteiger partial charge on any atom is -0.477 e. The lowest BCUT2D eigenvalue weighted by Crippen LogP contribution is -2.44. The number of halogens is 2. The van der Waals surface area contributed by atoms with Crippen LogP contribution in [0.15, 0.2) is 12.2 Å². The number of likely N-dealkylation sites (N-methyl/N-ethyl adjacent to an activating group) is 1. The van der Waals surface area contributed by atoms with Crippen molar-refractivity contribution in [1.82, 2.24) is 9.80 Å². The van der Waals surface area contributed by atoms with Gasteiger partial charge in [-0.25, -0.2) is 4.79 Å². The SMILES string of the molecule is CN(CCN1C(=O)C=CC1=O)C(CCCCN)CC(F)(F)C(=O)O. The van der Waals surface area contributed by atoms with E-state index in [9.17, 15) is 23.2 Å². The van der Waals surface area contributed by atoms with E-state index in [0.29, 0.717) is 25.8 Å². The van der Waals surface area contributed by atoms with Crippen LogP contribution in [0.4, 0.5) is 8.78 Å². The first-order chi connectivity index (χ1) is 11.2. The quantitative estimate of drug-likeness (QED) is 0.415. The maximum absolute atomic E-state index is 13.6. The van der Waals surface area contributed by atoms with Crippen molar-refractivity contribution < 1.29 is 28.3 Å². The molecule has 0 aromatic rings. The molecule has 0 fully saturated rings. The molecular weight excluding hydrogens is 324 g/mol. The number of carbonyl (C=O) groups is 3. The van der Waals surface area contributed by atoms with Crippen LogP contribution in [0.25, 0.3) is 0 Å². The van der Waals surface area contributed by atoms with E-state index in [1.54, 1.807) is 11.9 Å². The molecule has 0 saturated carbocycles. The van der Waals surface area contributed by atoms with E-state index >= 15 is 0 Å². The maximum Gasteiger partial charge on any atom is 0.374 e. The van der Waals surface area contributed by atoms with Crippen molar-refractivity contribution >= 4 is 17.8 Å². The Morgan fingerprint density at radius 3 is 2.42 bits per heavy atom. The Hall–Kier alpha value is -1.87. The first-order valence-electron chi connectivity index (χ1n) is 7.74. The Labute approximate surface area is 139 Å². The third-order valence-electron chi connectivity index (χ3n) is 4.00. The van der Waals surface area contributed by atoms with Gasteiger partial charge in [0.2, 0.25) is 0 Å². The molecule has 1 aliphatic rings. The normalized spacial score (nSPS) is 16.3. The largest absolute Gasteiger partial charge is 0.477 e. The summed E-state index contributed by atoms with van der Waals surface area (Å²) in [6.45, 7) is 0.670. The van der Waals surface area contributed by atoms with Gasteiger partial charge in [0, 0.05) is 37.7 Å². The van der Waals surface area contributed by atoms with Gasteiger partial charge in [-0.3, -0.25) is 14.5 Å². The smallest absolute Gasteiger partial charge is 0.374 e. The number of nitrogens with zero attached hydrogens (tertiary/aromatic N) is 2. The highest BCUT2D eigenvalue weighted by Gasteiger charge is 2.42. The third kappa shape index (κ3) is 5.64. The second-order valence-electron chi connectivity index (χ2n) is 5.79. The molecule has 0 radical (unpaired) electrons. The van der Waals surface area contributed by atoms with Gasteiger partial charge >= 0.3 is 11.9 Å². The number of unbranched alkanes of at least 4 members (excludes halogenated alkanes) is 1. The van der Waals surface area contributed by atoms with Gasteiger partial charge in [-0.15, -0.1) is 0 Å². The topological polar surface area (TPSA) is 104 Å². The van der Waals surface area contributed by atoms with Gasteiger partial charge < -0.3 is 15.7 Å². The molecule has 1 atom stereocenters. The van der Waals surface area contributed by atoms with Crippen molar-refractivity contribution in [3.63, 3.8) is 0 Å². The number of hydrogen-bond acceptors (Lipinski definition) is 5. The summed E-state index contributed by atoms with van der Waals surface area (Å²) in [5.74, 6) is -6.87. The zero-order valence-corrected chi connectivity index (χ0v) is 13.6. The molecule has 136 valence electrons. The predicted molar refractivity (Wildman–Crippen MR) is 82.4 cm³/mol. The van der Waals surface area contributed by atoms with Crippen LogP contribution in [0.5, 0.6) is 0 Å². The third-order valence-corrected chi connectivity index (χ3v) is 4.00. The van der Waals surface area contributed by atoms with Crippen LogP contribution in [-0.2, 0) is 14.4 Å². The van der Waals surface area contributed by atoms with E-state index in [1.807, 2.05) is 0 Å². The summed E-state index contributed by atoms with van der Waals surface area (Å²) < 4.78 is 27.1. The Kier molecular flexibility index (Phi) is 7.43. The van der Waals surface area contributed by atoms with Gasteiger partial charge in [0.1, 0.15) is 0 Å². The Balaban J connectivity index is 2.65. The summed E-state index contributed by atoms with van der Waals surface area (Å²) >= 11 is 0. The monoisotopic (exact) mass is 347 g/mol. The van der Waals surface area contributed by atoms with Crippen LogP contribution in [0.2, 0.25) is 0 Å². The van der Waals surface area contributed by atoms with Gasteiger partial charge in [0.25, 0.3) is 11.8 Å². The average Bonchev–Trinajstić information content (AvgIpc) is 2.82. The zero-order chi connectivity index (χ0) is 18.3. The Morgan fingerprint density at radius 2 is 1.92 bits per heavy atom. The molecule has 24 heavy (non-hydrogen) atoms. The number of nitrogens with two attached hydrogens (primary N) is 1. The molecule has 1 aliphatic heterocycles. The number of carboxylic acids is 1. The van der Waals surface area contributed by atoms with Gasteiger partial charge in [-0.2, -0.15) is 8.78 Å². The number of imide groups is 1. The summed E-state index contributed by atoms with van der Waals surface area (Å²) in [7, 11) is 1.57. The number of carbonyl (C=O) groups excluding carboxylic acids is 2. The van der Waals surface area contributed by atoms with Crippen LogP contribution < -0.4 is 5.73 Å². The molecule has 1 unspecified atom stereocenters. The highest BCUT2D eigenvalue weighted by atomic mass is 19.3. The lowest BCUT2D eigenvalue weighted by molar-refractivity contribution is -0.167. The van der Waals surface area contributed by atoms with Crippen molar-refractivity contribution in [2.45, 2.75) is 37.6 Å². The molecule has 3 N–H and O–H groups in total. The van der Waals surface area contributed by atoms with Crippen molar-refractivity contribution in [2.24, 2.45) is 5.73 Å². The second kappa shape index (κ2) is 8.84. The first kappa shape index (κ1) is 20.2. The number of amides is 2. The molecule has 1 heterocycles. The highest BCUT2D eigenvalue weighted by molar-refractivity contribution is 6.12. The van der Waals surface area contributed by atoms with Gasteiger partial charge in [-0.05, 0) is 26.4 Å². The number of alkyl halides is 2. The molecule has 1 rings (SSSR count). The molecular formula is C15H23F2N3O4. The van der Waals surface area contributed by atoms with Gasteiger partial charge in [0.05, 0.1) is 0 Å². The van der Waals surface area contributed by atoms with E-state index in [4.69, 9.17) is 10.8 Å².